The molecule has 0 atom stereocenters. The Morgan fingerprint density at radius 1 is 1.15 bits per heavy atom. The molecule has 1 aliphatic heterocycles. The Bertz CT molecular complexity index is 446. The zero-order valence-electron chi connectivity index (χ0n) is 11.4. The molecule has 2 rings (SSSR count). The van der Waals surface area contributed by atoms with E-state index in [9.17, 15) is 13.2 Å². The lowest BCUT2D eigenvalue weighted by Gasteiger charge is -2.37. The Balaban J connectivity index is 1.92. The molecular formula is C11H18F3N5S. The second-order valence-corrected chi connectivity index (χ2v) is 6.60. The van der Waals surface area contributed by atoms with Crippen molar-refractivity contribution in [3.63, 3.8) is 0 Å². The average molecular weight is 309 g/mol. The first-order chi connectivity index (χ1) is 9.15. The molecule has 0 aromatic carbocycles. The zero-order valence-corrected chi connectivity index (χ0v) is 12.3. The highest BCUT2D eigenvalue weighted by Crippen LogP contribution is 2.34. The van der Waals surface area contributed by atoms with Gasteiger partial charge in [-0.15, -0.1) is 10.2 Å². The predicted molar refractivity (Wildman–Crippen MR) is 71.8 cm³/mol. The van der Waals surface area contributed by atoms with E-state index in [0.29, 0.717) is 29.6 Å². The Kier molecular flexibility index (Phi) is 4.22. The van der Waals surface area contributed by atoms with Crippen LogP contribution in [-0.4, -0.2) is 53.4 Å². The van der Waals surface area contributed by atoms with E-state index in [2.05, 4.69) is 15.1 Å². The number of piperazine rings is 1. The number of alkyl halides is 3. The fraction of sp³-hybridized carbons (Fsp3) is 0.818. The number of halogens is 3. The van der Waals surface area contributed by atoms with Crippen molar-refractivity contribution in [2.24, 2.45) is 5.73 Å². The van der Waals surface area contributed by atoms with Crippen LogP contribution >= 0.6 is 11.3 Å². The van der Waals surface area contributed by atoms with Crippen LogP contribution in [0.25, 0.3) is 0 Å². The normalized spacial score (nSPS) is 18.6. The first kappa shape index (κ1) is 15.5. The average Bonchev–Trinajstić information content (AvgIpc) is 2.76. The third kappa shape index (κ3) is 4.03. The van der Waals surface area contributed by atoms with Crippen molar-refractivity contribution in [1.82, 2.24) is 15.1 Å². The third-order valence-corrected chi connectivity index (χ3v) is 3.96. The highest BCUT2D eigenvalue weighted by Gasteiger charge is 2.36. The van der Waals surface area contributed by atoms with Crippen LogP contribution in [0.1, 0.15) is 18.9 Å². The number of hydrogen-bond acceptors (Lipinski definition) is 6. The smallest absolute Gasteiger partial charge is 0.344 e. The summed E-state index contributed by atoms with van der Waals surface area (Å²) in [5.74, 6) is 0. The molecule has 1 fully saturated rings. The molecule has 20 heavy (non-hydrogen) atoms. The van der Waals surface area contributed by atoms with Gasteiger partial charge < -0.3 is 10.6 Å². The predicted octanol–water partition coefficient (Wildman–Crippen LogP) is 1.42. The molecule has 0 radical (unpaired) electrons. The largest absolute Gasteiger partial charge is 0.445 e. The summed E-state index contributed by atoms with van der Waals surface area (Å²) in [7, 11) is 0. The maximum atomic E-state index is 12.5. The second kappa shape index (κ2) is 5.45. The lowest BCUT2D eigenvalue weighted by Crippen LogP contribution is -2.53. The van der Waals surface area contributed by atoms with Crippen molar-refractivity contribution in [2.75, 3.05) is 37.6 Å². The van der Waals surface area contributed by atoms with Crippen molar-refractivity contribution in [2.45, 2.75) is 25.6 Å². The molecule has 0 unspecified atom stereocenters. The van der Waals surface area contributed by atoms with Gasteiger partial charge >= 0.3 is 6.18 Å². The number of nitrogens with two attached hydrogens (primary N) is 1. The molecule has 0 aliphatic carbocycles. The summed E-state index contributed by atoms with van der Waals surface area (Å²) in [5.41, 5.74) is 5.69. The van der Waals surface area contributed by atoms with Crippen molar-refractivity contribution >= 4 is 16.5 Å². The summed E-state index contributed by atoms with van der Waals surface area (Å²) in [6.07, 6.45) is -4.42. The zero-order chi connectivity index (χ0) is 15.0. The molecular weight excluding hydrogens is 291 g/mol. The Morgan fingerprint density at radius 3 is 2.20 bits per heavy atom. The van der Waals surface area contributed by atoms with Gasteiger partial charge in [0.1, 0.15) is 0 Å². The first-order valence-electron chi connectivity index (χ1n) is 6.32. The molecule has 0 saturated carbocycles. The summed E-state index contributed by atoms with van der Waals surface area (Å²) >= 11 is 0.596. The molecule has 5 nitrogen and oxygen atoms in total. The molecule has 0 bridgehead atoms. The van der Waals surface area contributed by atoms with Crippen LogP contribution < -0.4 is 10.6 Å². The number of anilines is 1. The van der Waals surface area contributed by atoms with Crippen LogP contribution in [0.2, 0.25) is 0 Å². The van der Waals surface area contributed by atoms with Gasteiger partial charge in [-0.3, -0.25) is 4.90 Å². The van der Waals surface area contributed by atoms with Crippen LogP contribution in [0, 0.1) is 0 Å². The van der Waals surface area contributed by atoms with Gasteiger partial charge in [-0.2, -0.15) is 13.2 Å². The maximum Gasteiger partial charge on any atom is 0.445 e. The summed E-state index contributed by atoms with van der Waals surface area (Å²) in [6, 6.07) is 0. The van der Waals surface area contributed by atoms with E-state index in [0.717, 1.165) is 19.6 Å². The van der Waals surface area contributed by atoms with E-state index in [1.165, 1.54) is 0 Å². The van der Waals surface area contributed by atoms with E-state index in [1.54, 1.807) is 0 Å². The number of hydrogen-bond donors (Lipinski definition) is 1. The number of rotatable bonds is 3. The molecule has 1 aromatic heterocycles. The molecule has 1 saturated heterocycles. The number of aromatic nitrogens is 2. The van der Waals surface area contributed by atoms with Crippen LogP contribution in [0.4, 0.5) is 18.3 Å². The summed E-state index contributed by atoms with van der Waals surface area (Å²) in [5, 5.41) is 6.29. The van der Waals surface area contributed by atoms with Gasteiger partial charge in [0.2, 0.25) is 10.1 Å². The highest BCUT2D eigenvalue weighted by molar-refractivity contribution is 7.15. The Labute approximate surface area is 119 Å². The standard InChI is InChI=1S/C11H18F3N5S/c1-10(2,15)7-18-3-5-19(6-4-18)9-17-16-8(20-9)11(12,13)14/h3-7,15H2,1-2H3. The van der Waals surface area contributed by atoms with E-state index in [-0.39, 0.29) is 5.54 Å². The molecule has 1 aromatic rings. The van der Waals surface area contributed by atoms with E-state index in [4.69, 9.17) is 5.73 Å². The Hall–Kier alpha value is -0.930. The van der Waals surface area contributed by atoms with Crippen LogP contribution in [0.3, 0.4) is 0 Å². The quantitative estimate of drug-likeness (QED) is 0.915. The van der Waals surface area contributed by atoms with E-state index >= 15 is 0 Å². The van der Waals surface area contributed by atoms with Gasteiger partial charge in [-0.05, 0) is 13.8 Å². The molecule has 2 heterocycles. The minimum atomic E-state index is -4.42. The third-order valence-electron chi connectivity index (χ3n) is 2.93. The fourth-order valence-electron chi connectivity index (χ4n) is 2.13. The molecule has 2 N–H and O–H groups in total. The highest BCUT2D eigenvalue weighted by atomic mass is 32.1. The van der Waals surface area contributed by atoms with Gasteiger partial charge in [0, 0.05) is 38.3 Å². The van der Waals surface area contributed by atoms with Crippen molar-refractivity contribution in [3.8, 4) is 0 Å². The SMILES string of the molecule is CC(C)(N)CN1CCN(c2nnc(C(F)(F)F)s2)CC1. The van der Waals surface area contributed by atoms with Crippen molar-refractivity contribution in [1.29, 1.82) is 0 Å². The molecule has 9 heteroatoms. The second-order valence-electron chi connectivity index (χ2n) is 5.64. The van der Waals surface area contributed by atoms with Crippen LogP contribution in [0.5, 0.6) is 0 Å². The van der Waals surface area contributed by atoms with Crippen molar-refractivity contribution in [3.05, 3.63) is 5.01 Å². The minimum Gasteiger partial charge on any atom is -0.344 e. The summed E-state index contributed by atoms with van der Waals surface area (Å²) < 4.78 is 37.5. The van der Waals surface area contributed by atoms with Crippen LogP contribution in [0.15, 0.2) is 0 Å². The molecule has 0 spiro atoms. The van der Waals surface area contributed by atoms with Gasteiger partial charge in [0.05, 0.1) is 0 Å². The summed E-state index contributed by atoms with van der Waals surface area (Å²) in [4.78, 5) is 4.05. The van der Waals surface area contributed by atoms with Crippen LogP contribution in [-0.2, 0) is 6.18 Å². The van der Waals surface area contributed by atoms with E-state index < -0.39 is 11.2 Å². The Morgan fingerprint density at radius 2 is 1.75 bits per heavy atom. The lowest BCUT2D eigenvalue weighted by molar-refractivity contribution is -0.138. The van der Waals surface area contributed by atoms with E-state index in [1.807, 2.05) is 18.7 Å². The maximum absolute atomic E-state index is 12.5. The van der Waals surface area contributed by atoms with Crippen molar-refractivity contribution < 1.29 is 13.2 Å². The fourth-order valence-corrected chi connectivity index (χ4v) is 2.90. The van der Waals surface area contributed by atoms with Gasteiger partial charge in [-0.1, -0.05) is 11.3 Å². The number of nitrogens with zero attached hydrogens (tertiary/aromatic N) is 4. The van der Waals surface area contributed by atoms with Gasteiger partial charge in [0.15, 0.2) is 0 Å². The van der Waals surface area contributed by atoms with Gasteiger partial charge in [0.25, 0.3) is 0 Å². The molecule has 1 aliphatic rings. The minimum absolute atomic E-state index is 0.269. The topological polar surface area (TPSA) is 58.3 Å². The first-order valence-corrected chi connectivity index (χ1v) is 7.14. The monoisotopic (exact) mass is 309 g/mol. The lowest BCUT2D eigenvalue weighted by atomic mass is 10.1. The summed E-state index contributed by atoms with van der Waals surface area (Å²) in [6.45, 7) is 7.50. The molecule has 0 amide bonds. The molecule has 114 valence electrons. The van der Waals surface area contributed by atoms with Gasteiger partial charge in [-0.25, -0.2) is 0 Å².